The quantitative estimate of drug-likeness (QED) is 0.654. The molecule has 0 saturated heterocycles. The van der Waals surface area contributed by atoms with Crippen molar-refractivity contribution in [2.45, 2.75) is 5.32 Å². The average molecular weight is 410 g/mol. The minimum atomic E-state index is 0.260. The molecule has 0 amide bonds. The Morgan fingerprint density at radius 2 is 1.71 bits per heavy atom. The van der Waals surface area contributed by atoms with E-state index >= 15 is 0 Å². The van der Waals surface area contributed by atoms with Gasteiger partial charge in [-0.2, -0.15) is 0 Å². The second-order valence-corrected chi connectivity index (χ2v) is 8.34. The Morgan fingerprint density at radius 3 is 2.29 bits per heavy atom. The van der Waals surface area contributed by atoms with Crippen molar-refractivity contribution in [2.75, 3.05) is 7.11 Å². The molecule has 0 saturated carbocycles. The van der Waals surface area contributed by atoms with Crippen molar-refractivity contribution in [1.82, 2.24) is 0 Å². The van der Waals surface area contributed by atoms with Crippen LogP contribution in [0.5, 0.6) is 11.5 Å². The van der Waals surface area contributed by atoms with Gasteiger partial charge in [0.2, 0.25) is 0 Å². The number of ether oxygens (including phenoxy) is 2. The molecule has 0 spiro atoms. The Morgan fingerprint density at radius 1 is 1.10 bits per heavy atom. The summed E-state index contributed by atoms with van der Waals surface area (Å²) in [5.41, 5.74) is 2.46. The summed E-state index contributed by atoms with van der Waals surface area (Å²) in [5.74, 6) is 1.66. The number of hydrogen-bond acceptors (Lipinski definition) is 2. The third kappa shape index (κ3) is 5.18. The van der Waals surface area contributed by atoms with Crippen LogP contribution in [0.3, 0.4) is 0 Å². The monoisotopic (exact) mass is 412 g/mol. The van der Waals surface area contributed by atoms with E-state index in [1.165, 1.54) is 5.56 Å². The summed E-state index contributed by atoms with van der Waals surface area (Å²) in [6.07, 6.45) is 1.85. The molecule has 0 heterocycles. The normalized spacial score (nSPS) is 9.95. The summed E-state index contributed by atoms with van der Waals surface area (Å²) >= 11 is 3.28. The Kier molecular flexibility index (Phi) is 6.28. The fraction of sp³-hybridized carbons (Fsp3) is 0.118. The van der Waals surface area contributed by atoms with Crippen LogP contribution in [0.15, 0.2) is 55.1 Å². The molecule has 0 atom stereocenters. The Balaban J connectivity index is 1.84. The zero-order chi connectivity index (χ0) is 15.1. The van der Waals surface area contributed by atoms with Crippen molar-refractivity contribution < 1.29 is 9.47 Å². The van der Waals surface area contributed by atoms with Crippen LogP contribution in [0.1, 0.15) is 11.1 Å². The minimum absolute atomic E-state index is 0.260. The zero-order valence-corrected chi connectivity index (χ0v) is 15.2. The van der Waals surface area contributed by atoms with Gasteiger partial charge in [0.15, 0.2) is 0 Å². The van der Waals surface area contributed by atoms with E-state index in [0.29, 0.717) is 0 Å². The Labute approximate surface area is 139 Å². The second kappa shape index (κ2) is 8.21. The molecule has 21 heavy (non-hydrogen) atoms. The molecule has 0 aliphatic heterocycles. The molecule has 0 unspecified atom stereocenters. The third-order valence-corrected chi connectivity index (χ3v) is 5.96. The summed E-state index contributed by atoms with van der Waals surface area (Å²) in [6.45, 7) is 3.76. The van der Waals surface area contributed by atoms with E-state index in [1.807, 2.05) is 30.3 Å². The molecule has 2 aromatic carbocycles. The van der Waals surface area contributed by atoms with Gasteiger partial charge in [-0.15, -0.1) is 0 Å². The first kappa shape index (κ1) is 16.1. The van der Waals surface area contributed by atoms with Crippen LogP contribution >= 0.6 is 0 Å². The van der Waals surface area contributed by atoms with Gasteiger partial charge in [0.1, 0.15) is 0 Å². The third-order valence-electron chi connectivity index (χ3n) is 2.83. The van der Waals surface area contributed by atoms with Crippen molar-refractivity contribution in [3.8, 4) is 11.5 Å². The van der Waals surface area contributed by atoms with Crippen molar-refractivity contribution in [3.05, 3.63) is 66.2 Å². The summed E-state index contributed by atoms with van der Waals surface area (Å²) in [4.78, 5) is 0. The van der Waals surface area contributed by atoms with E-state index in [2.05, 4.69) is 46.4 Å². The first-order chi connectivity index (χ1) is 10.2. The van der Waals surface area contributed by atoms with Crippen LogP contribution in [0.25, 0.3) is 6.08 Å². The van der Waals surface area contributed by atoms with Gasteiger partial charge < -0.3 is 0 Å². The predicted molar refractivity (Wildman–Crippen MR) is 90.4 cm³/mol. The number of hydrogen-bond donors (Lipinski definition) is 0. The van der Waals surface area contributed by atoms with Crippen LogP contribution in [0, 0.1) is 0 Å². The molecule has 0 aliphatic rings. The molecule has 2 nitrogen and oxygen atoms in total. The Hall–Kier alpha value is -1.31. The number of methoxy groups -OCH3 is 1. The maximum atomic E-state index is 5.80. The van der Waals surface area contributed by atoms with Gasteiger partial charge in [-0.3, -0.25) is 0 Å². The summed E-state index contributed by atoms with van der Waals surface area (Å²) in [7, 11) is 1.65. The topological polar surface area (TPSA) is 18.5 Å². The van der Waals surface area contributed by atoms with Gasteiger partial charge in [-0.1, -0.05) is 0 Å². The van der Waals surface area contributed by atoms with Crippen LogP contribution in [-0.2, 0) is 5.32 Å². The van der Waals surface area contributed by atoms with Crippen LogP contribution in [0.4, 0.5) is 0 Å². The SMILES string of the molecule is C=Cc1ccc(C[Se]C(=[Se])Oc2ccc(OC)cc2)cc1. The molecule has 4 heteroatoms. The fourth-order valence-corrected chi connectivity index (χ4v) is 3.83. The molecule has 2 rings (SSSR count). The predicted octanol–water partition coefficient (Wildman–Crippen LogP) is 2.88. The van der Waals surface area contributed by atoms with E-state index in [0.717, 1.165) is 25.9 Å². The van der Waals surface area contributed by atoms with E-state index in [4.69, 9.17) is 9.47 Å². The number of benzene rings is 2. The molecule has 0 fully saturated rings. The molecular formula is C17H16O2Se2. The van der Waals surface area contributed by atoms with Gasteiger partial charge in [-0.25, -0.2) is 0 Å². The zero-order valence-electron chi connectivity index (χ0n) is 11.7. The number of rotatable bonds is 7. The van der Waals surface area contributed by atoms with Gasteiger partial charge >= 0.3 is 140 Å². The average Bonchev–Trinajstić information content (AvgIpc) is 2.54. The van der Waals surface area contributed by atoms with Crippen LogP contribution in [-0.4, -0.2) is 41.1 Å². The van der Waals surface area contributed by atoms with Crippen molar-refractivity contribution >= 4 is 40.1 Å². The van der Waals surface area contributed by atoms with E-state index in [1.54, 1.807) is 7.11 Å². The van der Waals surface area contributed by atoms with Crippen LogP contribution in [0.2, 0.25) is 0 Å². The van der Waals surface area contributed by atoms with Crippen molar-refractivity contribution in [3.63, 3.8) is 0 Å². The van der Waals surface area contributed by atoms with E-state index in [9.17, 15) is 0 Å². The first-order valence-electron chi connectivity index (χ1n) is 6.41. The van der Waals surface area contributed by atoms with Crippen molar-refractivity contribution in [2.24, 2.45) is 0 Å². The standard InChI is InChI=1S/C17H16O2Se2/c1-3-13-4-6-14(7-5-13)12-21-17(20)19-16-10-8-15(18-2)9-11-16/h3-11H,1,12H2,2H3. The molecule has 0 radical (unpaired) electrons. The summed E-state index contributed by atoms with van der Waals surface area (Å²) < 4.78 is 11.9. The van der Waals surface area contributed by atoms with Crippen LogP contribution < -0.4 is 9.47 Å². The maximum absolute atomic E-state index is 5.80. The molecule has 0 aromatic heterocycles. The molecule has 0 aliphatic carbocycles. The van der Waals surface area contributed by atoms with Gasteiger partial charge in [0.25, 0.3) is 0 Å². The second-order valence-electron chi connectivity index (χ2n) is 4.26. The summed E-state index contributed by atoms with van der Waals surface area (Å²) in [5, 5.41) is 1.00. The molecule has 0 N–H and O–H groups in total. The molecule has 2 aromatic rings. The summed E-state index contributed by atoms with van der Waals surface area (Å²) in [6, 6.07) is 16.0. The van der Waals surface area contributed by atoms with E-state index in [-0.39, 0.29) is 15.0 Å². The molecular weight excluding hydrogens is 394 g/mol. The van der Waals surface area contributed by atoms with Gasteiger partial charge in [0, 0.05) is 0 Å². The fourth-order valence-electron chi connectivity index (χ4n) is 1.66. The molecule has 108 valence electrons. The Bertz CT molecular complexity index is 604. The van der Waals surface area contributed by atoms with Crippen molar-refractivity contribution in [1.29, 1.82) is 0 Å². The first-order valence-corrected chi connectivity index (χ1v) is 9.34. The van der Waals surface area contributed by atoms with Gasteiger partial charge in [-0.05, 0) is 0 Å². The molecule has 0 bridgehead atoms. The van der Waals surface area contributed by atoms with Gasteiger partial charge in [0.05, 0.1) is 0 Å². The van der Waals surface area contributed by atoms with E-state index < -0.39 is 0 Å².